The van der Waals surface area contributed by atoms with Gasteiger partial charge in [-0.25, -0.2) is 0 Å². The molecule has 0 aliphatic heterocycles. The zero-order chi connectivity index (χ0) is 12.7. The number of anilines is 1. The van der Waals surface area contributed by atoms with E-state index in [9.17, 15) is 9.90 Å². The van der Waals surface area contributed by atoms with Crippen LogP contribution < -0.4 is 5.32 Å². The van der Waals surface area contributed by atoms with Gasteiger partial charge in [0.15, 0.2) is 0 Å². The summed E-state index contributed by atoms with van der Waals surface area (Å²) in [5.74, 6) is -0.254. The maximum absolute atomic E-state index is 11.4. The van der Waals surface area contributed by atoms with Crippen molar-refractivity contribution in [3.05, 3.63) is 23.8 Å². The molecule has 0 saturated heterocycles. The number of methoxy groups -OCH3 is 1. The number of amides is 1. The van der Waals surface area contributed by atoms with Crippen molar-refractivity contribution in [1.29, 1.82) is 0 Å². The predicted molar refractivity (Wildman–Crippen MR) is 64.2 cm³/mol. The van der Waals surface area contributed by atoms with E-state index in [-0.39, 0.29) is 18.3 Å². The molecule has 0 aromatic heterocycles. The van der Waals surface area contributed by atoms with Gasteiger partial charge < -0.3 is 19.9 Å². The quantitative estimate of drug-likeness (QED) is 0.580. The van der Waals surface area contributed by atoms with Crippen molar-refractivity contribution in [2.45, 2.75) is 6.92 Å². The second-order valence-corrected chi connectivity index (χ2v) is 3.61. The Morgan fingerprint density at radius 3 is 2.82 bits per heavy atom. The summed E-state index contributed by atoms with van der Waals surface area (Å²) in [6.45, 7) is 2.61. The Hall–Kier alpha value is -1.59. The Morgan fingerprint density at radius 1 is 1.41 bits per heavy atom. The number of rotatable bonds is 6. The number of carbonyl (C=O) groups excluding carboxylic acids is 1. The normalized spacial score (nSPS) is 10.2. The fourth-order valence-corrected chi connectivity index (χ4v) is 1.24. The van der Waals surface area contributed by atoms with Crippen LogP contribution in [0.25, 0.3) is 0 Å². The number of aryl methyl sites for hydroxylation is 1. The molecule has 0 fully saturated rings. The average molecular weight is 239 g/mol. The lowest BCUT2D eigenvalue weighted by Crippen LogP contribution is -2.19. The van der Waals surface area contributed by atoms with Gasteiger partial charge in [-0.1, -0.05) is 6.07 Å². The number of phenols is 1. The molecule has 17 heavy (non-hydrogen) atoms. The zero-order valence-electron chi connectivity index (χ0n) is 10.0. The fourth-order valence-electron chi connectivity index (χ4n) is 1.24. The predicted octanol–water partition coefficient (Wildman–Crippen LogP) is 1.30. The van der Waals surface area contributed by atoms with Gasteiger partial charge in [0.25, 0.3) is 0 Å². The SMILES string of the molecule is COCCOCC(=O)Nc1ccc(C)cc1O. The molecule has 0 bridgehead atoms. The van der Waals surface area contributed by atoms with Crippen LogP contribution in [0.2, 0.25) is 0 Å². The van der Waals surface area contributed by atoms with E-state index in [4.69, 9.17) is 9.47 Å². The first-order chi connectivity index (χ1) is 8.13. The van der Waals surface area contributed by atoms with Crippen LogP contribution in [0.4, 0.5) is 5.69 Å². The molecule has 2 N–H and O–H groups in total. The summed E-state index contributed by atoms with van der Waals surface area (Å²) in [6, 6.07) is 5.04. The maximum atomic E-state index is 11.4. The number of hydrogen-bond donors (Lipinski definition) is 2. The molecule has 1 aromatic carbocycles. The van der Waals surface area contributed by atoms with Crippen LogP contribution in [0, 0.1) is 6.92 Å². The van der Waals surface area contributed by atoms with Crippen molar-refractivity contribution >= 4 is 11.6 Å². The molecule has 0 spiro atoms. The highest BCUT2D eigenvalue weighted by Crippen LogP contribution is 2.23. The molecule has 0 aliphatic carbocycles. The van der Waals surface area contributed by atoms with Crippen molar-refractivity contribution in [2.75, 3.05) is 32.2 Å². The molecule has 0 radical (unpaired) electrons. The summed E-state index contributed by atoms with van der Waals surface area (Å²) >= 11 is 0. The minimum absolute atomic E-state index is 0.0511. The molecule has 5 nitrogen and oxygen atoms in total. The number of phenolic OH excluding ortho intramolecular Hbond substituents is 1. The molecular weight excluding hydrogens is 222 g/mol. The highest BCUT2D eigenvalue weighted by molar-refractivity contribution is 5.93. The molecule has 5 heteroatoms. The lowest BCUT2D eigenvalue weighted by Gasteiger charge is -2.08. The van der Waals surface area contributed by atoms with Crippen molar-refractivity contribution in [1.82, 2.24) is 0 Å². The molecule has 0 aliphatic rings. The number of carbonyl (C=O) groups is 1. The molecule has 0 saturated carbocycles. The molecule has 0 atom stereocenters. The van der Waals surface area contributed by atoms with E-state index < -0.39 is 0 Å². The van der Waals surface area contributed by atoms with E-state index in [1.807, 2.05) is 6.92 Å². The Morgan fingerprint density at radius 2 is 2.18 bits per heavy atom. The van der Waals surface area contributed by atoms with Gasteiger partial charge in [0.2, 0.25) is 5.91 Å². The third-order valence-corrected chi connectivity index (χ3v) is 2.09. The first-order valence-electron chi connectivity index (χ1n) is 5.29. The first-order valence-corrected chi connectivity index (χ1v) is 5.29. The van der Waals surface area contributed by atoms with Crippen LogP contribution in [0.3, 0.4) is 0 Å². The van der Waals surface area contributed by atoms with Crippen LogP contribution >= 0.6 is 0 Å². The second kappa shape index (κ2) is 6.88. The minimum atomic E-state index is -0.305. The van der Waals surface area contributed by atoms with E-state index in [1.54, 1.807) is 25.3 Å². The number of nitrogens with one attached hydrogen (secondary N) is 1. The van der Waals surface area contributed by atoms with Crippen molar-refractivity contribution in [3.63, 3.8) is 0 Å². The van der Waals surface area contributed by atoms with Crippen molar-refractivity contribution in [2.24, 2.45) is 0 Å². The molecule has 0 unspecified atom stereocenters. The zero-order valence-corrected chi connectivity index (χ0v) is 10.0. The van der Waals surface area contributed by atoms with E-state index in [0.29, 0.717) is 18.9 Å². The number of aromatic hydroxyl groups is 1. The van der Waals surface area contributed by atoms with Gasteiger partial charge in [-0.05, 0) is 24.6 Å². The van der Waals surface area contributed by atoms with Gasteiger partial charge in [-0.3, -0.25) is 4.79 Å². The van der Waals surface area contributed by atoms with Crippen LogP contribution in [0.5, 0.6) is 5.75 Å². The third-order valence-electron chi connectivity index (χ3n) is 2.09. The highest BCUT2D eigenvalue weighted by atomic mass is 16.5. The Balaban J connectivity index is 2.40. The van der Waals surface area contributed by atoms with Crippen LogP contribution in [0.1, 0.15) is 5.56 Å². The van der Waals surface area contributed by atoms with E-state index >= 15 is 0 Å². The summed E-state index contributed by atoms with van der Waals surface area (Å²) in [4.78, 5) is 11.4. The fraction of sp³-hybridized carbons (Fsp3) is 0.417. The summed E-state index contributed by atoms with van der Waals surface area (Å²) < 4.78 is 9.83. The van der Waals surface area contributed by atoms with Crippen molar-refractivity contribution < 1.29 is 19.4 Å². The standard InChI is InChI=1S/C12H17NO4/c1-9-3-4-10(11(14)7-9)13-12(15)8-17-6-5-16-2/h3-4,7,14H,5-6,8H2,1-2H3,(H,13,15). The Kier molecular flexibility index (Phi) is 5.45. The van der Waals surface area contributed by atoms with E-state index in [0.717, 1.165) is 5.56 Å². The van der Waals surface area contributed by atoms with Crippen molar-refractivity contribution in [3.8, 4) is 5.75 Å². The van der Waals surface area contributed by atoms with Crippen LogP contribution in [-0.2, 0) is 14.3 Å². The molecule has 1 rings (SSSR count). The molecule has 0 heterocycles. The Bertz CT molecular complexity index is 379. The second-order valence-electron chi connectivity index (χ2n) is 3.61. The summed E-state index contributed by atoms with van der Waals surface area (Å²) in [6.07, 6.45) is 0. The smallest absolute Gasteiger partial charge is 0.250 e. The highest BCUT2D eigenvalue weighted by Gasteiger charge is 2.06. The molecule has 1 amide bonds. The lowest BCUT2D eigenvalue weighted by atomic mass is 10.2. The van der Waals surface area contributed by atoms with Gasteiger partial charge in [0.05, 0.1) is 18.9 Å². The average Bonchev–Trinajstić information content (AvgIpc) is 2.28. The van der Waals surface area contributed by atoms with Gasteiger partial charge in [-0.15, -0.1) is 0 Å². The summed E-state index contributed by atoms with van der Waals surface area (Å²) in [7, 11) is 1.56. The number of hydrogen-bond acceptors (Lipinski definition) is 4. The Labute approximate surface area is 100 Å². The van der Waals surface area contributed by atoms with Crippen LogP contribution in [-0.4, -0.2) is 37.9 Å². The topological polar surface area (TPSA) is 67.8 Å². The summed E-state index contributed by atoms with van der Waals surface area (Å²) in [5, 5.41) is 12.1. The maximum Gasteiger partial charge on any atom is 0.250 e. The minimum Gasteiger partial charge on any atom is -0.506 e. The third kappa shape index (κ3) is 4.84. The van der Waals surface area contributed by atoms with Gasteiger partial charge >= 0.3 is 0 Å². The lowest BCUT2D eigenvalue weighted by molar-refractivity contribution is -0.121. The number of ether oxygens (including phenoxy) is 2. The van der Waals surface area contributed by atoms with Gasteiger partial charge in [0, 0.05) is 7.11 Å². The molecular formula is C12H17NO4. The van der Waals surface area contributed by atoms with E-state index in [1.165, 1.54) is 0 Å². The monoisotopic (exact) mass is 239 g/mol. The van der Waals surface area contributed by atoms with Crippen LogP contribution in [0.15, 0.2) is 18.2 Å². The number of benzene rings is 1. The van der Waals surface area contributed by atoms with Gasteiger partial charge in [0.1, 0.15) is 12.4 Å². The molecule has 94 valence electrons. The molecule has 1 aromatic rings. The van der Waals surface area contributed by atoms with Gasteiger partial charge in [-0.2, -0.15) is 0 Å². The first kappa shape index (κ1) is 13.5. The largest absolute Gasteiger partial charge is 0.506 e. The van der Waals surface area contributed by atoms with E-state index in [2.05, 4.69) is 5.32 Å². The summed E-state index contributed by atoms with van der Waals surface area (Å²) in [5.41, 5.74) is 1.31.